The van der Waals surface area contributed by atoms with Gasteiger partial charge in [0.15, 0.2) is 0 Å². The average Bonchev–Trinajstić information content (AvgIpc) is 2.96. The number of nitrogens with one attached hydrogen (secondary N) is 1. The monoisotopic (exact) mass is 239 g/mol. The summed E-state index contributed by atoms with van der Waals surface area (Å²) in [4.78, 5) is 11.3. The Kier molecular flexibility index (Phi) is 3.25. The maximum atomic E-state index is 11.3. The number of hydrogen-bond acceptors (Lipinski definition) is 6. The molecule has 0 aliphatic heterocycles. The van der Waals surface area contributed by atoms with E-state index >= 15 is 0 Å². The van der Waals surface area contributed by atoms with Crippen molar-refractivity contribution in [3.05, 3.63) is 29.9 Å². The van der Waals surface area contributed by atoms with E-state index in [2.05, 4.69) is 20.1 Å². The Labute approximate surface area is 95.4 Å². The van der Waals surface area contributed by atoms with Crippen LogP contribution in [-0.4, -0.2) is 28.5 Å². The van der Waals surface area contributed by atoms with E-state index in [0.29, 0.717) is 5.75 Å². The van der Waals surface area contributed by atoms with E-state index in [1.165, 1.54) is 25.1 Å². The zero-order valence-corrected chi connectivity index (χ0v) is 9.28. The van der Waals surface area contributed by atoms with Gasteiger partial charge in [0.05, 0.1) is 19.6 Å². The standard InChI is InChI=1S/C9H9N3O3S/c1-14-9(13)8-6(2-3-15-8)5-16-7-4-10-12-11-7/h2-4H,5H2,1H3,(H,10,11,12). The second-order valence-corrected chi connectivity index (χ2v) is 3.86. The summed E-state index contributed by atoms with van der Waals surface area (Å²) in [5.41, 5.74) is 0.778. The molecule has 0 atom stereocenters. The molecule has 84 valence electrons. The first kappa shape index (κ1) is 10.7. The third-order valence-electron chi connectivity index (χ3n) is 1.89. The molecule has 0 unspecified atom stereocenters. The third kappa shape index (κ3) is 2.25. The third-order valence-corrected chi connectivity index (χ3v) is 2.83. The Morgan fingerprint density at radius 2 is 2.56 bits per heavy atom. The maximum absolute atomic E-state index is 11.3. The van der Waals surface area contributed by atoms with Crippen molar-refractivity contribution in [2.24, 2.45) is 0 Å². The van der Waals surface area contributed by atoms with E-state index in [-0.39, 0.29) is 5.76 Å². The van der Waals surface area contributed by atoms with Gasteiger partial charge in [-0.15, -0.1) is 5.10 Å². The molecule has 0 aromatic carbocycles. The average molecular weight is 239 g/mol. The predicted molar refractivity (Wildman–Crippen MR) is 56.0 cm³/mol. The lowest BCUT2D eigenvalue weighted by atomic mass is 10.3. The van der Waals surface area contributed by atoms with Crippen LogP contribution >= 0.6 is 11.8 Å². The van der Waals surface area contributed by atoms with Gasteiger partial charge in [-0.2, -0.15) is 10.3 Å². The van der Waals surface area contributed by atoms with Gasteiger partial charge in [-0.3, -0.25) is 0 Å². The lowest BCUT2D eigenvalue weighted by Crippen LogP contribution is -2.02. The molecule has 0 radical (unpaired) electrons. The number of rotatable bonds is 4. The largest absolute Gasteiger partial charge is 0.463 e. The van der Waals surface area contributed by atoms with Crippen molar-refractivity contribution in [1.29, 1.82) is 0 Å². The Bertz CT molecular complexity index is 466. The summed E-state index contributed by atoms with van der Waals surface area (Å²) in [5, 5.41) is 10.8. The smallest absolute Gasteiger partial charge is 0.374 e. The zero-order chi connectivity index (χ0) is 11.4. The van der Waals surface area contributed by atoms with Crippen LogP contribution in [0.3, 0.4) is 0 Å². The molecule has 0 amide bonds. The summed E-state index contributed by atoms with van der Waals surface area (Å²) in [5.74, 6) is 0.340. The van der Waals surface area contributed by atoms with E-state index in [0.717, 1.165) is 10.6 Å². The van der Waals surface area contributed by atoms with Gasteiger partial charge in [-0.1, -0.05) is 11.8 Å². The predicted octanol–water partition coefficient (Wildman–Crippen LogP) is 1.48. The number of aromatic amines is 1. The summed E-state index contributed by atoms with van der Waals surface area (Å²) in [6.45, 7) is 0. The summed E-state index contributed by atoms with van der Waals surface area (Å²) < 4.78 is 9.65. The Hall–Kier alpha value is -1.76. The number of aromatic nitrogens is 3. The number of esters is 1. The fourth-order valence-corrected chi connectivity index (χ4v) is 1.90. The zero-order valence-electron chi connectivity index (χ0n) is 8.47. The minimum atomic E-state index is -0.472. The number of hydrogen-bond donors (Lipinski definition) is 1. The summed E-state index contributed by atoms with van der Waals surface area (Å²) in [6, 6.07) is 1.74. The first-order chi connectivity index (χ1) is 7.81. The minimum absolute atomic E-state index is 0.235. The molecule has 0 saturated heterocycles. The summed E-state index contributed by atoms with van der Waals surface area (Å²) in [7, 11) is 1.32. The number of ether oxygens (including phenoxy) is 1. The molecule has 0 aliphatic carbocycles. The van der Waals surface area contributed by atoms with Crippen LogP contribution in [0.5, 0.6) is 0 Å². The highest BCUT2D eigenvalue weighted by molar-refractivity contribution is 7.98. The molecule has 0 spiro atoms. The van der Waals surface area contributed by atoms with E-state index < -0.39 is 5.97 Å². The van der Waals surface area contributed by atoms with Crippen molar-refractivity contribution in [3.63, 3.8) is 0 Å². The fraction of sp³-hybridized carbons (Fsp3) is 0.222. The molecular weight excluding hydrogens is 230 g/mol. The molecular formula is C9H9N3O3S. The lowest BCUT2D eigenvalue weighted by Gasteiger charge is -1.98. The highest BCUT2D eigenvalue weighted by Gasteiger charge is 2.15. The number of thioether (sulfide) groups is 1. The van der Waals surface area contributed by atoms with Crippen molar-refractivity contribution in [3.8, 4) is 0 Å². The second kappa shape index (κ2) is 4.84. The SMILES string of the molecule is COC(=O)c1occc1CSc1cn[nH]n1. The van der Waals surface area contributed by atoms with Crippen LogP contribution in [0.4, 0.5) is 0 Å². The molecule has 6 nitrogen and oxygen atoms in total. The van der Waals surface area contributed by atoms with Crippen LogP contribution in [0.1, 0.15) is 16.1 Å². The summed E-state index contributed by atoms with van der Waals surface area (Å²) in [6.07, 6.45) is 3.08. The van der Waals surface area contributed by atoms with Gasteiger partial charge in [0, 0.05) is 11.3 Å². The first-order valence-electron chi connectivity index (χ1n) is 4.44. The first-order valence-corrected chi connectivity index (χ1v) is 5.43. The fourth-order valence-electron chi connectivity index (χ4n) is 1.13. The molecule has 0 saturated carbocycles. The molecule has 2 heterocycles. The Morgan fingerprint density at radius 3 is 3.25 bits per heavy atom. The van der Waals surface area contributed by atoms with Gasteiger partial charge < -0.3 is 9.15 Å². The lowest BCUT2D eigenvalue weighted by molar-refractivity contribution is 0.0564. The molecule has 0 aliphatic rings. The Morgan fingerprint density at radius 1 is 1.69 bits per heavy atom. The molecule has 16 heavy (non-hydrogen) atoms. The molecule has 2 aromatic heterocycles. The van der Waals surface area contributed by atoms with Crippen LogP contribution in [0.15, 0.2) is 28.0 Å². The molecule has 0 bridgehead atoms. The maximum Gasteiger partial charge on any atom is 0.374 e. The minimum Gasteiger partial charge on any atom is -0.463 e. The highest BCUT2D eigenvalue weighted by atomic mass is 32.2. The number of nitrogens with zero attached hydrogens (tertiary/aromatic N) is 2. The second-order valence-electron chi connectivity index (χ2n) is 2.86. The van der Waals surface area contributed by atoms with Gasteiger partial charge in [0.1, 0.15) is 5.03 Å². The highest BCUT2D eigenvalue weighted by Crippen LogP contribution is 2.23. The number of furan rings is 1. The van der Waals surface area contributed by atoms with Crippen molar-refractivity contribution >= 4 is 17.7 Å². The van der Waals surface area contributed by atoms with Gasteiger partial charge in [0.2, 0.25) is 5.76 Å². The Balaban J connectivity index is 2.04. The molecule has 2 rings (SSSR count). The number of carbonyl (C=O) groups excluding carboxylic acids is 1. The summed E-state index contributed by atoms with van der Waals surface area (Å²) >= 11 is 1.45. The number of methoxy groups -OCH3 is 1. The van der Waals surface area contributed by atoms with Gasteiger partial charge >= 0.3 is 5.97 Å². The van der Waals surface area contributed by atoms with Gasteiger partial charge in [-0.25, -0.2) is 4.79 Å². The van der Waals surface area contributed by atoms with Crippen molar-refractivity contribution in [2.45, 2.75) is 10.8 Å². The van der Waals surface area contributed by atoms with Crippen molar-refractivity contribution < 1.29 is 13.9 Å². The molecule has 0 fully saturated rings. The van der Waals surface area contributed by atoms with Crippen LogP contribution < -0.4 is 0 Å². The normalized spacial score (nSPS) is 10.3. The molecule has 1 N–H and O–H groups in total. The molecule has 7 heteroatoms. The van der Waals surface area contributed by atoms with Crippen molar-refractivity contribution in [1.82, 2.24) is 15.4 Å². The van der Waals surface area contributed by atoms with E-state index in [9.17, 15) is 4.79 Å². The van der Waals surface area contributed by atoms with E-state index in [1.807, 2.05) is 0 Å². The number of H-pyrrole nitrogens is 1. The van der Waals surface area contributed by atoms with Crippen LogP contribution in [0.2, 0.25) is 0 Å². The van der Waals surface area contributed by atoms with Crippen molar-refractivity contribution in [2.75, 3.05) is 7.11 Å². The van der Waals surface area contributed by atoms with Crippen LogP contribution in [-0.2, 0) is 10.5 Å². The number of carbonyl (C=O) groups is 1. The van der Waals surface area contributed by atoms with Crippen LogP contribution in [0, 0.1) is 0 Å². The van der Waals surface area contributed by atoms with Gasteiger partial charge in [-0.05, 0) is 6.07 Å². The molecule has 2 aromatic rings. The van der Waals surface area contributed by atoms with Gasteiger partial charge in [0.25, 0.3) is 0 Å². The van der Waals surface area contributed by atoms with E-state index in [1.54, 1.807) is 12.3 Å². The quantitative estimate of drug-likeness (QED) is 0.642. The topological polar surface area (TPSA) is 81.0 Å². The van der Waals surface area contributed by atoms with E-state index in [4.69, 9.17) is 4.42 Å². The van der Waals surface area contributed by atoms with Crippen LogP contribution in [0.25, 0.3) is 0 Å².